The van der Waals surface area contributed by atoms with Crippen LogP contribution in [0.25, 0.3) is 6.08 Å². The van der Waals surface area contributed by atoms with Crippen molar-refractivity contribution < 1.29 is 30.2 Å². The minimum atomic E-state index is -0.922. The Kier molecular flexibility index (Phi) is 5.19. The average molecular weight is 156 g/mol. The molecule has 0 aliphatic rings. The summed E-state index contributed by atoms with van der Waals surface area (Å²) in [5.74, 6) is -0.922. The number of benzene rings is 1. The Bertz CT molecular complexity index is 272. The van der Waals surface area contributed by atoms with Gasteiger partial charge in [0.15, 0.2) is 0 Å². The number of hydrogen-bond donors (Lipinski definition) is 1. The Hall–Kier alpha value is -0.973. The molecule has 1 aromatic rings. The van der Waals surface area contributed by atoms with E-state index in [0.717, 1.165) is 11.6 Å². The van der Waals surface area contributed by atoms with Gasteiger partial charge in [0.2, 0.25) is 0 Å². The molecule has 0 amide bonds. The van der Waals surface area contributed by atoms with Gasteiger partial charge in [0.25, 0.3) is 0 Å². The van der Waals surface area contributed by atoms with Gasteiger partial charge in [-0.25, -0.2) is 4.79 Å². The van der Waals surface area contributed by atoms with E-state index in [1.165, 1.54) is 0 Å². The molecule has 3 heteroatoms. The quantitative estimate of drug-likeness (QED) is 0.436. The van der Waals surface area contributed by atoms with Crippen molar-refractivity contribution in [3.8, 4) is 0 Å². The van der Waals surface area contributed by atoms with Crippen LogP contribution in [-0.4, -0.2) is 11.1 Å². The molecule has 2 nitrogen and oxygen atoms in total. The third-order valence-corrected chi connectivity index (χ3v) is 1.22. The van der Waals surface area contributed by atoms with Gasteiger partial charge >= 0.3 is 24.8 Å². The van der Waals surface area contributed by atoms with Crippen molar-refractivity contribution in [2.45, 2.75) is 0 Å². The molecule has 0 atom stereocenters. The van der Waals surface area contributed by atoms with Gasteiger partial charge < -0.3 is 6.53 Å². The average Bonchev–Trinajstić information content (AvgIpc) is 2.03. The van der Waals surface area contributed by atoms with E-state index in [1.54, 1.807) is 6.08 Å². The number of aliphatic carboxylic acids is 1. The van der Waals surface area contributed by atoms with Gasteiger partial charge in [-0.05, 0) is 11.6 Å². The van der Waals surface area contributed by atoms with Gasteiger partial charge in [0.05, 0.1) is 0 Å². The Morgan fingerprint density at radius 2 is 1.92 bits per heavy atom. The van der Waals surface area contributed by atoms with Crippen LogP contribution < -0.4 is 18.9 Å². The summed E-state index contributed by atoms with van der Waals surface area (Å²) < 4.78 is 0. The van der Waals surface area contributed by atoms with Crippen LogP contribution in [0.15, 0.2) is 36.4 Å². The van der Waals surface area contributed by atoms with Gasteiger partial charge in [0, 0.05) is 6.08 Å². The second kappa shape index (κ2) is 5.65. The molecule has 0 heterocycles. The molecule has 0 bridgehead atoms. The molecule has 0 radical (unpaired) electrons. The monoisotopic (exact) mass is 156 g/mol. The Morgan fingerprint density at radius 1 is 1.33 bits per heavy atom. The number of carboxylic acids is 1. The van der Waals surface area contributed by atoms with Crippen LogP contribution in [0.3, 0.4) is 0 Å². The van der Waals surface area contributed by atoms with E-state index in [0.29, 0.717) is 0 Å². The third-order valence-electron chi connectivity index (χ3n) is 1.22. The zero-order valence-corrected chi connectivity index (χ0v) is 6.90. The van der Waals surface area contributed by atoms with Gasteiger partial charge in [-0.3, -0.25) is 0 Å². The minimum Gasteiger partial charge on any atom is -1.00 e. The molecule has 58 valence electrons. The molecule has 0 aliphatic heterocycles. The molecule has 0 aliphatic carbocycles. The van der Waals surface area contributed by atoms with E-state index >= 15 is 0 Å². The first kappa shape index (κ1) is 11.0. The molecule has 0 unspecified atom stereocenters. The maximum atomic E-state index is 10.1. The summed E-state index contributed by atoms with van der Waals surface area (Å²) in [6, 6.07) is 9.31. The SMILES string of the molecule is O=C(O)/C=C/c1ccccc1.[H-].[Li+]. The van der Waals surface area contributed by atoms with Crippen LogP contribution in [0.5, 0.6) is 0 Å². The first-order valence-corrected chi connectivity index (χ1v) is 3.25. The van der Waals surface area contributed by atoms with E-state index in [-0.39, 0.29) is 20.3 Å². The molecule has 12 heavy (non-hydrogen) atoms. The van der Waals surface area contributed by atoms with Crippen molar-refractivity contribution in [3.63, 3.8) is 0 Å². The van der Waals surface area contributed by atoms with Gasteiger partial charge in [-0.15, -0.1) is 0 Å². The fourth-order valence-electron chi connectivity index (χ4n) is 0.732. The smallest absolute Gasteiger partial charge is 1.00 e. The number of hydrogen-bond acceptors (Lipinski definition) is 1. The Labute approximate surface area is 84.6 Å². The normalized spacial score (nSPS) is 9.33. The summed E-state index contributed by atoms with van der Waals surface area (Å²) in [6.07, 6.45) is 2.68. The van der Waals surface area contributed by atoms with Crippen molar-refractivity contribution in [3.05, 3.63) is 42.0 Å². The van der Waals surface area contributed by atoms with Crippen molar-refractivity contribution in [1.29, 1.82) is 0 Å². The van der Waals surface area contributed by atoms with Crippen LogP contribution in [0.1, 0.15) is 6.99 Å². The van der Waals surface area contributed by atoms with E-state index in [1.807, 2.05) is 30.3 Å². The van der Waals surface area contributed by atoms with Gasteiger partial charge in [-0.2, -0.15) is 0 Å². The van der Waals surface area contributed by atoms with Crippen molar-refractivity contribution in [2.24, 2.45) is 0 Å². The predicted octanol–water partition coefficient (Wildman–Crippen LogP) is -1.10. The molecule has 1 N–H and O–H groups in total. The molecular weight excluding hydrogens is 147 g/mol. The summed E-state index contributed by atoms with van der Waals surface area (Å²) in [7, 11) is 0. The molecule has 0 saturated heterocycles. The zero-order valence-electron chi connectivity index (χ0n) is 7.90. The molecule has 1 aromatic carbocycles. The van der Waals surface area contributed by atoms with Crippen LogP contribution in [0.2, 0.25) is 0 Å². The third kappa shape index (κ3) is 4.02. The second-order valence-corrected chi connectivity index (χ2v) is 2.08. The van der Waals surface area contributed by atoms with E-state index in [2.05, 4.69) is 0 Å². The molecular formula is C9H9LiO2. The standard InChI is InChI=1S/C9H8O2.Li.H/c10-9(11)7-6-8-4-2-1-3-5-8;;/h1-7H,(H,10,11);;/q;+1;-1/b7-6+;;. The number of carbonyl (C=O) groups is 1. The van der Waals surface area contributed by atoms with Gasteiger partial charge in [-0.1, -0.05) is 30.3 Å². The maximum absolute atomic E-state index is 10.1. The predicted molar refractivity (Wildman–Crippen MR) is 44.2 cm³/mol. The Morgan fingerprint density at radius 3 is 2.42 bits per heavy atom. The first-order valence-electron chi connectivity index (χ1n) is 3.25. The fraction of sp³-hybridized carbons (Fsp3) is 0. The largest absolute Gasteiger partial charge is 1.00 e. The summed E-state index contributed by atoms with van der Waals surface area (Å²) in [4.78, 5) is 10.1. The van der Waals surface area contributed by atoms with Crippen LogP contribution in [0.4, 0.5) is 0 Å². The molecule has 0 spiro atoms. The van der Waals surface area contributed by atoms with Gasteiger partial charge in [0.1, 0.15) is 0 Å². The molecule has 0 fully saturated rings. The summed E-state index contributed by atoms with van der Waals surface area (Å²) in [6.45, 7) is 0. The molecule has 1 rings (SSSR count). The van der Waals surface area contributed by atoms with E-state index < -0.39 is 5.97 Å². The molecule has 0 aromatic heterocycles. The number of carboxylic acid groups (broad SMARTS) is 1. The van der Waals surface area contributed by atoms with Crippen molar-refractivity contribution in [2.75, 3.05) is 0 Å². The van der Waals surface area contributed by atoms with Crippen molar-refractivity contribution >= 4 is 12.0 Å². The second-order valence-electron chi connectivity index (χ2n) is 2.08. The summed E-state index contributed by atoms with van der Waals surface area (Å²) >= 11 is 0. The number of rotatable bonds is 2. The minimum absolute atomic E-state index is 0. The Balaban J connectivity index is 0. The summed E-state index contributed by atoms with van der Waals surface area (Å²) in [5, 5.41) is 8.29. The fourth-order valence-corrected chi connectivity index (χ4v) is 0.732. The topological polar surface area (TPSA) is 37.3 Å². The van der Waals surface area contributed by atoms with Crippen LogP contribution in [0, 0.1) is 0 Å². The zero-order chi connectivity index (χ0) is 8.10. The van der Waals surface area contributed by atoms with Crippen LogP contribution in [-0.2, 0) is 4.79 Å². The maximum Gasteiger partial charge on any atom is 1.00 e. The first-order chi connectivity index (χ1) is 5.29. The molecule has 0 saturated carbocycles. The van der Waals surface area contributed by atoms with Crippen molar-refractivity contribution in [1.82, 2.24) is 0 Å². The van der Waals surface area contributed by atoms with E-state index in [4.69, 9.17) is 5.11 Å². The summed E-state index contributed by atoms with van der Waals surface area (Å²) in [5.41, 5.74) is 0.898. The van der Waals surface area contributed by atoms with E-state index in [9.17, 15) is 4.79 Å². The van der Waals surface area contributed by atoms with Crippen LogP contribution >= 0.6 is 0 Å².